The lowest BCUT2D eigenvalue weighted by Crippen LogP contribution is -2.33. The lowest BCUT2D eigenvalue weighted by atomic mass is 10.0. The van der Waals surface area contributed by atoms with E-state index in [2.05, 4.69) is 30.9 Å². The van der Waals surface area contributed by atoms with Gasteiger partial charge in [0.25, 0.3) is 5.91 Å². The molecule has 3 aromatic carbocycles. The van der Waals surface area contributed by atoms with E-state index in [-0.39, 0.29) is 5.91 Å². The lowest BCUT2D eigenvalue weighted by molar-refractivity contribution is 0.0744. The van der Waals surface area contributed by atoms with E-state index in [1.165, 1.54) is 193 Å². The van der Waals surface area contributed by atoms with Crippen LogP contribution < -0.4 is 10.5 Å². The van der Waals surface area contributed by atoms with Gasteiger partial charge in [0, 0.05) is 29.5 Å². The Morgan fingerprint density at radius 1 is 0.466 bits per heavy atom. The van der Waals surface area contributed by atoms with Crippen molar-refractivity contribution >= 4 is 22.4 Å². The van der Waals surface area contributed by atoms with Gasteiger partial charge in [-0.15, -0.1) is 0 Å². The van der Waals surface area contributed by atoms with E-state index in [1.54, 1.807) is 0 Å². The minimum Gasteiger partial charge on any atom is -0.487 e. The third kappa shape index (κ3) is 21.8. The highest BCUT2D eigenvalue weighted by Crippen LogP contribution is 2.36. The van der Waals surface area contributed by atoms with Crippen molar-refractivity contribution < 1.29 is 9.53 Å². The molecule has 326 valence electrons. The van der Waals surface area contributed by atoms with Crippen molar-refractivity contribution in [1.82, 2.24) is 4.90 Å². The molecular formula is C54H88N2O2. The highest BCUT2D eigenvalue weighted by atomic mass is 16.5. The number of fused-ring (bicyclic) bond motifs is 1. The molecule has 58 heavy (non-hydrogen) atoms. The van der Waals surface area contributed by atoms with Crippen molar-refractivity contribution in [2.75, 3.05) is 18.8 Å². The highest BCUT2D eigenvalue weighted by Gasteiger charge is 2.23. The van der Waals surface area contributed by atoms with Gasteiger partial charge in [0.2, 0.25) is 0 Å². The van der Waals surface area contributed by atoms with E-state index in [0.717, 1.165) is 42.3 Å². The summed E-state index contributed by atoms with van der Waals surface area (Å²) in [6, 6.07) is 20.2. The highest BCUT2D eigenvalue weighted by molar-refractivity contribution is 6.08. The van der Waals surface area contributed by atoms with Crippen molar-refractivity contribution in [2.24, 2.45) is 0 Å². The van der Waals surface area contributed by atoms with Crippen molar-refractivity contribution in [3.63, 3.8) is 0 Å². The Labute approximate surface area is 357 Å². The Morgan fingerprint density at radius 3 is 1.21 bits per heavy atom. The van der Waals surface area contributed by atoms with Gasteiger partial charge < -0.3 is 15.4 Å². The number of benzene rings is 3. The maximum absolute atomic E-state index is 14.5. The number of nitrogen functional groups attached to an aromatic ring is 1. The van der Waals surface area contributed by atoms with E-state index >= 15 is 0 Å². The molecule has 2 N–H and O–H groups in total. The zero-order valence-electron chi connectivity index (χ0n) is 37.9. The average molecular weight is 797 g/mol. The van der Waals surface area contributed by atoms with Gasteiger partial charge in [0.05, 0.1) is 5.56 Å². The van der Waals surface area contributed by atoms with Crippen molar-refractivity contribution in [3.05, 3.63) is 71.8 Å². The first-order valence-electron chi connectivity index (χ1n) is 24.9. The number of carbonyl (C=O) groups excluding carboxylic acids is 1. The Morgan fingerprint density at radius 2 is 0.810 bits per heavy atom. The summed E-state index contributed by atoms with van der Waals surface area (Å²) in [6.45, 7) is 6.59. The SMILES string of the molecule is CCCCCCCCCCCCCCCCCCN(CCCCCCCCCCCCCCCCCC)C(=O)c1cc(N)c2ccccc2c1OCc1ccccc1. The fraction of sp³-hybridized carbons (Fsp3) is 0.685. The van der Waals surface area contributed by atoms with Crippen molar-refractivity contribution in [2.45, 2.75) is 226 Å². The van der Waals surface area contributed by atoms with Crippen LogP contribution in [0, 0.1) is 0 Å². The third-order valence-electron chi connectivity index (χ3n) is 12.3. The third-order valence-corrected chi connectivity index (χ3v) is 12.3. The summed E-state index contributed by atoms with van der Waals surface area (Å²) in [5.41, 5.74) is 8.94. The van der Waals surface area contributed by atoms with E-state index in [0.29, 0.717) is 23.6 Å². The number of anilines is 1. The van der Waals surface area contributed by atoms with Crippen LogP contribution in [-0.4, -0.2) is 23.9 Å². The predicted molar refractivity (Wildman–Crippen MR) is 254 cm³/mol. The number of nitrogens with two attached hydrogens (primary N) is 1. The summed E-state index contributed by atoms with van der Waals surface area (Å²) in [6.07, 6.45) is 43.2. The maximum Gasteiger partial charge on any atom is 0.257 e. The fourth-order valence-electron chi connectivity index (χ4n) is 8.61. The number of hydrogen-bond donors (Lipinski definition) is 1. The van der Waals surface area contributed by atoms with Crippen molar-refractivity contribution in [1.29, 1.82) is 0 Å². The summed E-state index contributed by atoms with van der Waals surface area (Å²) in [4.78, 5) is 16.7. The Kier molecular flexibility index (Phi) is 28.7. The normalized spacial score (nSPS) is 11.4. The zero-order chi connectivity index (χ0) is 41.1. The fourth-order valence-corrected chi connectivity index (χ4v) is 8.61. The molecule has 3 aromatic rings. The van der Waals surface area contributed by atoms with Crippen LogP contribution >= 0.6 is 0 Å². The first kappa shape index (κ1) is 49.4. The molecule has 0 saturated heterocycles. The monoisotopic (exact) mass is 797 g/mol. The van der Waals surface area contributed by atoms with Crippen LogP contribution in [0.15, 0.2) is 60.7 Å². The van der Waals surface area contributed by atoms with Crippen LogP contribution in [0.1, 0.15) is 235 Å². The van der Waals surface area contributed by atoms with Crippen LogP contribution in [0.5, 0.6) is 5.75 Å². The molecule has 0 aliphatic carbocycles. The first-order chi connectivity index (χ1) is 28.7. The minimum atomic E-state index is 0.0578. The molecule has 4 heteroatoms. The molecule has 0 bridgehead atoms. The molecule has 3 rings (SSSR count). The Balaban J connectivity index is 1.45. The molecular weight excluding hydrogens is 709 g/mol. The average Bonchev–Trinajstić information content (AvgIpc) is 3.25. The number of hydrogen-bond acceptors (Lipinski definition) is 3. The maximum atomic E-state index is 14.5. The molecule has 0 aliphatic rings. The number of unbranched alkanes of at least 4 members (excludes halogenated alkanes) is 30. The van der Waals surface area contributed by atoms with Crippen LogP contribution in [0.2, 0.25) is 0 Å². The van der Waals surface area contributed by atoms with Gasteiger partial charge in [0.15, 0.2) is 0 Å². The topological polar surface area (TPSA) is 55.6 Å². The van der Waals surface area contributed by atoms with Gasteiger partial charge in [-0.3, -0.25) is 4.79 Å². The summed E-state index contributed by atoms with van der Waals surface area (Å²) < 4.78 is 6.53. The minimum absolute atomic E-state index is 0.0578. The molecule has 0 aromatic heterocycles. The largest absolute Gasteiger partial charge is 0.487 e. The molecule has 0 aliphatic heterocycles. The van der Waals surface area contributed by atoms with Gasteiger partial charge in [-0.25, -0.2) is 0 Å². The second kappa shape index (κ2) is 33.8. The number of rotatable bonds is 38. The van der Waals surface area contributed by atoms with Gasteiger partial charge in [-0.05, 0) is 24.5 Å². The molecule has 4 nitrogen and oxygen atoms in total. The lowest BCUT2D eigenvalue weighted by Gasteiger charge is -2.25. The summed E-state index contributed by atoms with van der Waals surface area (Å²) >= 11 is 0. The molecule has 1 amide bonds. The second-order valence-corrected chi connectivity index (χ2v) is 17.6. The first-order valence-corrected chi connectivity index (χ1v) is 24.9. The predicted octanol–water partition coefficient (Wildman–Crippen LogP) is 17.0. The Bertz CT molecular complexity index is 1390. The second-order valence-electron chi connectivity index (χ2n) is 17.6. The molecule has 0 heterocycles. The molecule has 0 spiro atoms. The smallest absolute Gasteiger partial charge is 0.257 e. The van der Waals surface area contributed by atoms with E-state index < -0.39 is 0 Å². The summed E-state index contributed by atoms with van der Waals surface area (Å²) in [5, 5.41) is 1.84. The summed E-state index contributed by atoms with van der Waals surface area (Å²) in [5.74, 6) is 0.713. The molecule has 0 fully saturated rings. The van der Waals surface area contributed by atoms with E-state index in [1.807, 2.05) is 48.5 Å². The summed E-state index contributed by atoms with van der Waals surface area (Å²) in [7, 11) is 0. The van der Waals surface area contributed by atoms with Gasteiger partial charge in [-0.2, -0.15) is 0 Å². The zero-order valence-corrected chi connectivity index (χ0v) is 37.9. The van der Waals surface area contributed by atoms with Gasteiger partial charge in [-0.1, -0.05) is 261 Å². The quantitative estimate of drug-likeness (QED) is 0.0464. The van der Waals surface area contributed by atoms with E-state index in [9.17, 15) is 4.79 Å². The number of nitrogens with zero attached hydrogens (tertiary/aromatic N) is 1. The standard InChI is InChI=1S/C54H88N2O2/c1-3-5-7-9-11-13-15-17-19-21-23-25-27-29-31-38-44-56(45-39-32-30-28-26-24-22-20-18-16-14-12-10-8-6-4-2)54(57)51-46-52(55)49-42-36-37-43-50(49)53(51)58-47-48-40-34-33-35-41-48/h33-37,40-43,46H,3-32,38-39,44-45,47,55H2,1-2H3. The molecule has 0 radical (unpaired) electrons. The number of carbonyl (C=O) groups is 1. The Hall–Kier alpha value is -3.01. The van der Waals surface area contributed by atoms with Gasteiger partial charge >= 0.3 is 0 Å². The van der Waals surface area contributed by atoms with E-state index in [4.69, 9.17) is 10.5 Å². The number of ether oxygens (including phenoxy) is 1. The van der Waals surface area contributed by atoms with Crippen LogP contribution in [0.25, 0.3) is 10.8 Å². The van der Waals surface area contributed by atoms with Crippen LogP contribution in [0.3, 0.4) is 0 Å². The van der Waals surface area contributed by atoms with Crippen LogP contribution in [-0.2, 0) is 6.61 Å². The molecule has 0 atom stereocenters. The van der Waals surface area contributed by atoms with Crippen LogP contribution in [0.4, 0.5) is 5.69 Å². The number of amides is 1. The molecule has 0 unspecified atom stereocenters. The van der Waals surface area contributed by atoms with Gasteiger partial charge in [0.1, 0.15) is 12.4 Å². The van der Waals surface area contributed by atoms with Crippen molar-refractivity contribution in [3.8, 4) is 5.75 Å². The molecule has 0 saturated carbocycles.